The standard InChI is InChI=1S/C18H21NO7/c1-4-25-16(20)10-14(18(21)26-5-2)13-9-12(13)11-7-6-8-15(24-3)17(11)19(22)23/h6-8,10,12-13H,4-5,9H2,1-3H3/b14-10-/t12-,13-/m1/s1. The fourth-order valence-corrected chi connectivity index (χ4v) is 2.92. The maximum Gasteiger partial charge on any atom is 0.334 e. The molecule has 0 amide bonds. The molecule has 26 heavy (non-hydrogen) atoms. The molecule has 0 aromatic heterocycles. The fourth-order valence-electron chi connectivity index (χ4n) is 2.92. The van der Waals surface area contributed by atoms with Gasteiger partial charge in [0.25, 0.3) is 0 Å². The Bertz CT molecular complexity index is 741. The van der Waals surface area contributed by atoms with Gasteiger partial charge in [-0.3, -0.25) is 10.1 Å². The van der Waals surface area contributed by atoms with E-state index in [-0.39, 0.29) is 42.1 Å². The van der Waals surface area contributed by atoms with Gasteiger partial charge in [-0.15, -0.1) is 0 Å². The Morgan fingerprint density at radius 3 is 2.54 bits per heavy atom. The van der Waals surface area contributed by atoms with Crippen LogP contribution in [0.2, 0.25) is 0 Å². The first-order valence-electron chi connectivity index (χ1n) is 8.31. The number of hydrogen-bond acceptors (Lipinski definition) is 7. The first kappa shape index (κ1) is 19.4. The number of esters is 2. The molecule has 1 aliphatic rings. The minimum atomic E-state index is -0.638. The lowest BCUT2D eigenvalue weighted by Crippen LogP contribution is -2.13. The summed E-state index contributed by atoms with van der Waals surface area (Å²) in [5, 5.41) is 11.5. The van der Waals surface area contributed by atoms with Gasteiger partial charge in [-0.1, -0.05) is 12.1 Å². The Hall–Kier alpha value is -2.90. The maximum absolute atomic E-state index is 12.2. The normalized spacial score (nSPS) is 18.8. The highest BCUT2D eigenvalue weighted by Crippen LogP contribution is 2.55. The van der Waals surface area contributed by atoms with Crippen molar-refractivity contribution in [1.82, 2.24) is 0 Å². The number of rotatable bonds is 8. The summed E-state index contributed by atoms with van der Waals surface area (Å²) in [6, 6.07) is 4.81. The monoisotopic (exact) mass is 363 g/mol. The predicted octanol–water partition coefficient (Wildman–Crippen LogP) is 2.76. The number of carbonyl (C=O) groups excluding carboxylic acids is 2. The van der Waals surface area contributed by atoms with Gasteiger partial charge in [-0.2, -0.15) is 0 Å². The van der Waals surface area contributed by atoms with E-state index in [0.29, 0.717) is 12.0 Å². The Balaban J connectivity index is 2.35. The number of nitro groups is 1. The highest BCUT2D eigenvalue weighted by molar-refractivity contribution is 5.97. The van der Waals surface area contributed by atoms with Crippen molar-refractivity contribution in [3.05, 3.63) is 45.5 Å². The molecule has 0 heterocycles. The van der Waals surface area contributed by atoms with E-state index in [0.717, 1.165) is 6.08 Å². The average Bonchev–Trinajstić information content (AvgIpc) is 3.39. The summed E-state index contributed by atoms with van der Waals surface area (Å²) in [4.78, 5) is 35.0. The second kappa shape index (κ2) is 8.46. The van der Waals surface area contributed by atoms with E-state index in [1.165, 1.54) is 13.2 Å². The van der Waals surface area contributed by atoms with Gasteiger partial charge >= 0.3 is 17.6 Å². The third kappa shape index (κ3) is 4.19. The molecule has 0 spiro atoms. The molecule has 1 aliphatic carbocycles. The number of hydrogen-bond donors (Lipinski definition) is 0. The first-order chi connectivity index (χ1) is 12.4. The van der Waals surface area contributed by atoms with Crippen LogP contribution in [0.4, 0.5) is 5.69 Å². The summed E-state index contributed by atoms with van der Waals surface area (Å²) in [5.74, 6) is -1.70. The summed E-state index contributed by atoms with van der Waals surface area (Å²) >= 11 is 0. The fraction of sp³-hybridized carbons (Fsp3) is 0.444. The summed E-state index contributed by atoms with van der Waals surface area (Å²) in [6.45, 7) is 3.67. The third-order valence-electron chi connectivity index (χ3n) is 4.09. The Labute approximate surface area is 150 Å². The van der Waals surface area contributed by atoms with Gasteiger partial charge in [0.2, 0.25) is 0 Å². The van der Waals surface area contributed by atoms with Gasteiger partial charge in [0, 0.05) is 17.2 Å². The molecule has 2 atom stereocenters. The van der Waals surface area contributed by atoms with Crippen LogP contribution >= 0.6 is 0 Å². The van der Waals surface area contributed by atoms with Crippen molar-refractivity contribution >= 4 is 17.6 Å². The van der Waals surface area contributed by atoms with E-state index in [4.69, 9.17) is 14.2 Å². The minimum absolute atomic E-state index is 0.123. The molecule has 140 valence electrons. The van der Waals surface area contributed by atoms with Crippen molar-refractivity contribution < 1.29 is 28.7 Å². The molecule has 0 aliphatic heterocycles. The van der Waals surface area contributed by atoms with Crippen LogP contribution in [0.15, 0.2) is 29.8 Å². The number of nitrogens with zero attached hydrogens (tertiary/aromatic N) is 1. The summed E-state index contributed by atoms with van der Waals surface area (Å²) in [7, 11) is 1.36. The van der Waals surface area contributed by atoms with Crippen molar-refractivity contribution in [3.8, 4) is 5.75 Å². The second-order valence-electron chi connectivity index (χ2n) is 5.68. The molecule has 0 bridgehead atoms. The van der Waals surface area contributed by atoms with Crippen LogP contribution in [-0.2, 0) is 19.1 Å². The molecule has 1 fully saturated rings. The smallest absolute Gasteiger partial charge is 0.334 e. The second-order valence-corrected chi connectivity index (χ2v) is 5.68. The molecule has 0 radical (unpaired) electrons. The van der Waals surface area contributed by atoms with E-state index < -0.39 is 16.9 Å². The third-order valence-corrected chi connectivity index (χ3v) is 4.09. The molecule has 1 aromatic rings. The van der Waals surface area contributed by atoms with Crippen LogP contribution in [0.25, 0.3) is 0 Å². The number of carbonyl (C=O) groups is 2. The summed E-state index contributed by atoms with van der Waals surface area (Å²) in [6.07, 6.45) is 1.62. The zero-order valence-corrected chi connectivity index (χ0v) is 14.9. The summed E-state index contributed by atoms with van der Waals surface area (Å²) < 4.78 is 15.0. The Kier molecular flexibility index (Phi) is 6.32. The lowest BCUT2D eigenvalue weighted by Gasteiger charge is -2.09. The quantitative estimate of drug-likeness (QED) is 0.303. The van der Waals surface area contributed by atoms with Crippen LogP contribution in [0.3, 0.4) is 0 Å². The molecule has 1 aromatic carbocycles. The number of ether oxygens (including phenoxy) is 3. The SMILES string of the molecule is CCOC(=O)/C=C(\C(=O)OCC)[C@@H]1C[C@@H]1c1cccc(OC)c1[N+](=O)[O-]. The minimum Gasteiger partial charge on any atom is -0.490 e. The zero-order valence-electron chi connectivity index (χ0n) is 14.9. The first-order valence-corrected chi connectivity index (χ1v) is 8.31. The average molecular weight is 363 g/mol. The van der Waals surface area contributed by atoms with E-state index in [2.05, 4.69) is 0 Å². The van der Waals surface area contributed by atoms with Gasteiger partial charge in [-0.25, -0.2) is 9.59 Å². The lowest BCUT2D eigenvalue weighted by molar-refractivity contribution is -0.386. The highest BCUT2D eigenvalue weighted by Gasteiger charge is 2.47. The Morgan fingerprint density at radius 2 is 1.96 bits per heavy atom. The number of nitro benzene ring substituents is 1. The van der Waals surface area contributed by atoms with Crippen molar-refractivity contribution in [2.45, 2.75) is 26.2 Å². The zero-order chi connectivity index (χ0) is 19.3. The van der Waals surface area contributed by atoms with Gasteiger partial charge in [0.15, 0.2) is 5.75 Å². The molecule has 1 saturated carbocycles. The van der Waals surface area contributed by atoms with Crippen LogP contribution in [0, 0.1) is 16.0 Å². The summed E-state index contributed by atoms with van der Waals surface area (Å²) in [5.41, 5.74) is 0.521. The highest BCUT2D eigenvalue weighted by atomic mass is 16.6. The maximum atomic E-state index is 12.2. The molecule has 0 saturated heterocycles. The van der Waals surface area contributed by atoms with Crippen molar-refractivity contribution in [1.29, 1.82) is 0 Å². The van der Waals surface area contributed by atoms with Crippen LogP contribution in [-0.4, -0.2) is 37.2 Å². The lowest BCUT2D eigenvalue weighted by atomic mass is 10.0. The van der Waals surface area contributed by atoms with Crippen molar-refractivity contribution in [2.75, 3.05) is 20.3 Å². The van der Waals surface area contributed by atoms with E-state index in [1.54, 1.807) is 26.0 Å². The predicted molar refractivity (Wildman–Crippen MR) is 91.8 cm³/mol. The molecular formula is C18H21NO7. The molecule has 8 heteroatoms. The van der Waals surface area contributed by atoms with Crippen LogP contribution < -0.4 is 4.74 Å². The van der Waals surface area contributed by atoms with Gasteiger partial charge < -0.3 is 14.2 Å². The molecular weight excluding hydrogens is 342 g/mol. The topological polar surface area (TPSA) is 105 Å². The van der Waals surface area contributed by atoms with E-state index >= 15 is 0 Å². The van der Waals surface area contributed by atoms with Crippen LogP contribution in [0.5, 0.6) is 5.75 Å². The van der Waals surface area contributed by atoms with Gasteiger partial charge in [0.1, 0.15) is 0 Å². The number of para-hydroxylation sites is 1. The van der Waals surface area contributed by atoms with Gasteiger partial charge in [0.05, 0.1) is 25.2 Å². The number of methoxy groups -OCH3 is 1. The largest absolute Gasteiger partial charge is 0.490 e. The molecule has 0 N–H and O–H groups in total. The van der Waals surface area contributed by atoms with E-state index in [9.17, 15) is 19.7 Å². The van der Waals surface area contributed by atoms with E-state index in [1.807, 2.05) is 0 Å². The number of benzene rings is 1. The van der Waals surface area contributed by atoms with Crippen LogP contribution in [0.1, 0.15) is 31.7 Å². The van der Waals surface area contributed by atoms with Crippen molar-refractivity contribution in [2.24, 2.45) is 5.92 Å². The van der Waals surface area contributed by atoms with Gasteiger partial charge in [-0.05, 0) is 38.2 Å². The van der Waals surface area contributed by atoms with Crippen molar-refractivity contribution in [3.63, 3.8) is 0 Å². The molecule has 8 nitrogen and oxygen atoms in total. The molecule has 0 unspecified atom stereocenters. The Morgan fingerprint density at radius 1 is 1.27 bits per heavy atom. The molecule has 2 rings (SSSR count).